The Morgan fingerprint density at radius 1 is 1.83 bits per heavy atom. The fraction of sp³-hybridized carbons (Fsp3) is 0.500. The number of nitrogens with two attached hydrogens (primary N) is 1. The fourth-order valence-electron chi connectivity index (χ4n) is 0.869. The molecule has 3 N–H and O–H groups in total. The molecule has 1 aromatic rings. The lowest BCUT2D eigenvalue weighted by Gasteiger charge is -2.06. The van der Waals surface area contributed by atoms with Gasteiger partial charge in [-0.25, -0.2) is 0 Å². The maximum Gasteiger partial charge on any atom is 0.304 e. The molecule has 0 aliphatic heterocycles. The summed E-state index contributed by atoms with van der Waals surface area (Å²) >= 11 is 1.20. The van der Waals surface area contributed by atoms with Crippen molar-refractivity contribution in [2.45, 2.75) is 12.3 Å². The van der Waals surface area contributed by atoms with Crippen LogP contribution in [0.3, 0.4) is 0 Å². The number of rotatable bonds is 4. The van der Waals surface area contributed by atoms with E-state index in [4.69, 9.17) is 10.8 Å². The first-order valence-corrected chi connectivity index (χ1v) is 4.26. The lowest BCUT2D eigenvalue weighted by atomic mass is 10.0. The first kappa shape index (κ1) is 9.08. The molecule has 0 radical (unpaired) electrons. The van der Waals surface area contributed by atoms with Gasteiger partial charge in [-0.1, -0.05) is 4.49 Å². The molecular formula is C6H9N3O2S. The van der Waals surface area contributed by atoms with Gasteiger partial charge in [0, 0.05) is 17.8 Å². The number of hydrogen-bond donors (Lipinski definition) is 2. The fourth-order valence-corrected chi connectivity index (χ4v) is 1.41. The molecule has 1 atom stereocenters. The molecule has 1 rings (SSSR count). The van der Waals surface area contributed by atoms with Gasteiger partial charge in [-0.15, -0.1) is 5.10 Å². The van der Waals surface area contributed by atoms with Crippen LogP contribution in [0.4, 0.5) is 0 Å². The molecular weight excluding hydrogens is 178 g/mol. The molecule has 6 heteroatoms. The number of nitrogens with zero attached hydrogens (tertiary/aromatic N) is 2. The van der Waals surface area contributed by atoms with E-state index in [0.29, 0.717) is 5.69 Å². The molecule has 0 bridgehead atoms. The van der Waals surface area contributed by atoms with Crippen molar-refractivity contribution in [3.8, 4) is 0 Å². The SMILES string of the molecule is NCC(CC(=O)O)c1csnn1. The Hall–Kier alpha value is -1.01. The van der Waals surface area contributed by atoms with Crippen LogP contribution < -0.4 is 5.73 Å². The maximum atomic E-state index is 10.4. The number of aliphatic carboxylic acids is 1. The van der Waals surface area contributed by atoms with E-state index in [0.717, 1.165) is 0 Å². The summed E-state index contributed by atoms with van der Waals surface area (Å²) < 4.78 is 3.64. The number of aromatic nitrogens is 2. The molecule has 1 aromatic heterocycles. The summed E-state index contributed by atoms with van der Waals surface area (Å²) in [5.74, 6) is -1.07. The molecule has 1 heterocycles. The topological polar surface area (TPSA) is 89.1 Å². The third-order valence-corrected chi connectivity index (χ3v) is 2.02. The van der Waals surface area contributed by atoms with Crippen molar-refractivity contribution in [1.82, 2.24) is 9.59 Å². The van der Waals surface area contributed by atoms with Gasteiger partial charge in [0.25, 0.3) is 0 Å². The quantitative estimate of drug-likeness (QED) is 0.695. The van der Waals surface area contributed by atoms with Crippen molar-refractivity contribution in [1.29, 1.82) is 0 Å². The van der Waals surface area contributed by atoms with E-state index >= 15 is 0 Å². The molecule has 0 aromatic carbocycles. The highest BCUT2D eigenvalue weighted by molar-refractivity contribution is 7.03. The van der Waals surface area contributed by atoms with E-state index in [1.807, 2.05) is 0 Å². The monoisotopic (exact) mass is 187 g/mol. The average Bonchev–Trinajstić information content (AvgIpc) is 2.51. The van der Waals surface area contributed by atoms with Crippen LogP contribution in [0.1, 0.15) is 18.0 Å². The van der Waals surface area contributed by atoms with Crippen molar-refractivity contribution >= 4 is 17.5 Å². The molecule has 0 amide bonds. The van der Waals surface area contributed by atoms with Gasteiger partial charge >= 0.3 is 5.97 Å². The highest BCUT2D eigenvalue weighted by atomic mass is 32.1. The predicted molar refractivity (Wildman–Crippen MR) is 44.0 cm³/mol. The normalized spacial score (nSPS) is 12.8. The summed E-state index contributed by atoms with van der Waals surface area (Å²) in [7, 11) is 0. The minimum Gasteiger partial charge on any atom is -0.481 e. The molecule has 66 valence electrons. The van der Waals surface area contributed by atoms with Gasteiger partial charge in [-0.3, -0.25) is 4.79 Å². The summed E-state index contributed by atoms with van der Waals surface area (Å²) in [4.78, 5) is 10.4. The Kier molecular flexibility index (Phi) is 3.12. The smallest absolute Gasteiger partial charge is 0.304 e. The molecule has 0 fully saturated rings. The third-order valence-electron chi connectivity index (χ3n) is 1.50. The summed E-state index contributed by atoms with van der Waals surface area (Å²) in [5.41, 5.74) is 6.06. The Morgan fingerprint density at radius 2 is 2.58 bits per heavy atom. The highest BCUT2D eigenvalue weighted by Gasteiger charge is 2.15. The van der Waals surface area contributed by atoms with E-state index in [1.54, 1.807) is 5.38 Å². The van der Waals surface area contributed by atoms with Crippen LogP contribution in [0.25, 0.3) is 0 Å². The van der Waals surface area contributed by atoms with E-state index in [2.05, 4.69) is 9.59 Å². The van der Waals surface area contributed by atoms with Gasteiger partial charge < -0.3 is 10.8 Å². The number of hydrogen-bond acceptors (Lipinski definition) is 5. The standard InChI is InChI=1S/C6H9N3O2S/c7-2-4(1-6(10)11)5-3-12-9-8-5/h3-4H,1-2,7H2,(H,10,11). The molecule has 0 saturated heterocycles. The van der Waals surface area contributed by atoms with Crippen LogP contribution in [0.5, 0.6) is 0 Å². The maximum absolute atomic E-state index is 10.4. The Bertz CT molecular complexity index is 249. The lowest BCUT2D eigenvalue weighted by Crippen LogP contribution is -2.16. The average molecular weight is 187 g/mol. The zero-order valence-electron chi connectivity index (χ0n) is 6.30. The van der Waals surface area contributed by atoms with Crippen molar-refractivity contribution in [3.63, 3.8) is 0 Å². The molecule has 0 saturated carbocycles. The van der Waals surface area contributed by atoms with E-state index in [1.165, 1.54) is 11.5 Å². The van der Waals surface area contributed by atoms with Gasteiger partial charge in [-0.05, 0) is 11.5 Å². The second-order valence-corrected chi connectivity index (χ2v) is 2.97. The van der Waals surface area contributed by atoms with Gasteiger partial charge in [0.15, 0.2) is 0 Å². The molecule has 0 aliphatic rings. The van der Waals surface area contributed by atoms with E-state index in [9.17, 15) is 4.79 Å². The van der Waals surface area contributed by atoms with Crippen LogP contribution >= 0.6 is 11.5 Å². The van der Waals surface area contributed by atoms with Crippen LogP contribution in [0.15, 0.2) is 5.38 Å². The highest BCUT2D eigenvalue weighted by Crippen LogP contribution is 2.16. The zero-order valence-corrected chi connectivity index (χ0v) is 7.12. The van der Waals surface area contributed by atoms with Gasteiger partial charge in [0.2, 0.25) is 0 Å². The Labute approximate surface area is 73.4 Å². The zero-order chi connectivity index (χ0) is 8.97. The van der Waals surface area contributed by atoms with Crippen LogP contribution in [-0.4, -0.2) is 27.2 Å². The summed E-state index contributed by atoms with van der Waals surface area (Å²) in [6.07, 6.45) is 0.0158. The van der Waals surface area contributed by atoms with Crippen molar-refractivity contribution < 1.29 is 9.90 Å². The first-order valence-electron chi connectivity index (χ1n) is 3.43. The summed E-state index contributed by atoms with van der Waals surface area (Å²) in [5, 5.41) is 14.0. The number of carboxylic acids is 1. The van der Waals surface area contributed by atoms with Crippen LogP contribution in [0, 0.1) is 0 Å². The van der Waals surface area contributed by atoms with Gasteiger partial charge in [0.05, 0.1) is 12.1 Å². The van der Waals surface area contributed by atoms with Gasteiger partial charge in [0.1, 0.15) is 0 Å². The lowest BCUT2D eigenvalue weighted by molar-refractivity contribution is -0.137. The van der Waals surface area contributed by atoms with Crippen molar-refractivity contribution in [2.75, 3.05) is 6.54 Å². The van der Waals surface area contributed by atoms with Crippen molar-refractivity contribution in [2.24, 2.45) is 5.73 Å². The summed E-state index contributed by atoms with van der Waals surface area (Å²) in [6.45, 7) is 0.289. The molecule has 0 aliphatic carbocycles. The minimum absolute atomic E-state index is 0.0158. The molecule has 0 spiro atoms. The Balaban J connectivity index is 2.63. The van der Waals surface area contributed by atoms with Crippen LogP contribution in [-0.2, 0) is 4.79 Å². The second kappa shape index (κ2) is 4.13. The predicted octanol–water partition coefficient (Wildman–Crippen LogP) is 0.0551. The largest absolute Gasteiger partial charge is 0.481 e. The molecule has 1 unspecified atom stereocenters. The first-order chi connectivity index (χ1) is 5.74. The summed E-state index contributed by atoms with van der Waals surface area (Å²) in [6, 6.07) is 0. The van der Waals surface area contributed by atoms with E-state index < -0.39 is 5.97 Å². The number of carboxylic acid groups (broad SMARTS) is 1. The molecule has 5 nitrogen and oxygen atoms in total. The van der Waals surface area contributed by atoms with Crippen LogP contribution in [0.2, 0.25) is 0 Å². The number of carbonyl (C=O) groups is 1. The van der Waals surface area contributed by atoms with Crippen molar-refractivity contribution in [3.05, 3.63) is 11.1 Å². The minimum atomic E-state index is -0.863. The Morgan fingerprint density at radius 3 is 3.00 bits per heavy atom. The van der Waals surface area contributed by atoms with E-state index in [-0.39, 0.29) is 18.9 Å². The second-order valence-electron chi connectivity index (χ2n) is 2.36. The molecule has 12 heavy (non-hydrogen) atoms. The third kappa shape index (κ3) is 2.24. The van der Waals surface area contributed by atoms with Gasteiger partial charge in [-0.2, -0.15) is 0 Å².